The van der Waals surface area contributed by atoms with Crippen molar-refractivity contribution in [3.05, 3.63) is 33.9 Å². The average Bonchev–Trinajstić information content (AvgIpc) is 2.72. The van der Waals surface area contributed by atoms with Gasteiger partial charge in [0, 0.05) is 38.3 Å². The highest BCUT2D eigenvalue weighted by Gasteiger charge is 2.25. The van der Waals surface area contributed by atoms with Crippen molar-refractivity contribution >= 4 is 23.3 Å². The number of benzene rings is 1. The highest BCUT2D eigenvalue weighted by Crippen LogP contribution is 2.29. The number of amides is 1. The van der Waals surface area contributed by atoms with Gasteiger partial charge in [-0.25, -0.2) is 4.79 Å². The van der Waals surface area contributed by atoms with E-state index in [2.05, 4.69) is 6.92 Å². The molecule has 3 rings (SSSR count). The van der Waals surface area contributed by atoms with Crippen LogP contribution in [0.2, 0.25) is 0 Å². The van der Waals surface area contributed by atoms with Crippen LogP contribution in [0.15, 0.2) is 18.2 Å². The zero-order chi connectivity index (χ0) is 20.1. The number of carbonyl (C=O) groups excluding carboxylic acids is 2. The molecule has 1 aromatic rings. The van der Waals surface area contributed by atoms with Crippen LogP contribution >= 0.6 is 0 Å². The maximum atomic E-state index is 12.7. The van der Waals surface area contributed by atoms with Crippen LogP contribution in [0, 0.1) is 16.0 Å². The molecule has 0 atom stereocenters. The van der Waals surface area contributed by atoms with Crippen LogP contribution in [0.1, 0.15) is 30.1 Å². The number of ether oxygens (including phenoxy) is 2. The monoisotopic (exact) mass is 391 g/mol. The number of carbonyl (C=O) groups is 2. The summed E-state index contributed by atoms with van der Waals surface area (Å²) in [6.07, 6.45) is 1.97. The van der Waals surface area contributed by atoms with Crippen LogP contribution in [0.5, 0.6) is 0 Å². The molecule has 0 radical (unpaired) electrons. The molecule has 0 saturated carbocycles. The molecule has 0 unspecified atom stereocenters. The minimum atomic E-state index is -0.723. The van der Waals surface area contributed by atoms with E-state index >= 15 is 0 Å². The first kappa shape index (κ1) is 20.1. The molecule has 9 nitrogen and oxygen atoms in total. The zero-order valence-corrected chi connectivity index (χ0v) is 16.0. The fourth-order valence-corrected chi connectivity index (χ4v) is 3.44. The van der Waals surface area contributed by atoms with Gasteiger partial charge in [-0.2, -0.15) is 0 Å². The number of morpholine rings is 1. The average molecular weight is 391 g/mol. The molecule has 0 bridgehead atoms. The Morgan fingerprint density at radius 2 is 1.89 bits per heavy atom. The Hall–Kier alpha value is -2.68. The smallest absolute Gasteiger partial charge is 0.341 e. The second-order valence-electron chi connectivity index (χ2n) is 7.20. The molecule has 2 aliphatic heterocycles. The molecule has 2 heterocycles. The van der Waals surface area contributed by atoms with Crippen molar-refractivity contribution in [3.63, 3.8) is 0 Å². The summed E-state index contributed by atoms with van der Waals surface area (Å²) in [6, 6.07) is 4.21. The summed E-state index contributed by atoms with van der Waals surface area (Å²) >= 11 is 0. The Balaban J connectivity index is 1.73. The van der Waals surface area contributed by atoms with Gasteiger partial charge in [0.25, 0.3) is 11.6 Å². The van der Waals surface area contributed by atoms with Crippen molar-refractivity contribution in [3.8, 4) is 0 Å². The van der Waals surface area contributed by atoms with Gasteiger partial charge < -0.3 is 19.3 Å². The van der Waals surface area contributed by atoms with Gasteiger partial charge in [-0.1, -0.05) is 6.92 Å². The minimum absolute atomic E-state index is 0.124. The molecule has 2 fully saturated rings. The van der Waals surface area contributed by atoms with E-state index in [1.54, 1.807) is 11.0 Å². The van der Waals surface area contributed by atoms with Crippen LogP contribution in [0.4, 0.5) is 11.4 Å². The van der Waals surface area contributed by atoms with Crippen molar-refractivity contribution in [2.45, 2.75) is 19.8 Å². The maximum absolute atomic E-state index is 12.7. The predicted octanol–water partition coefficient (Wildman–Crippen LogP) is 1.85. The summed E-state index contributed by atoms with van der Waals surface area (Å²) in [6.45, 7) is 5.18. The van der Waals surface area contributed by atoms with Gasteiger partial charge in [0.15, 0.2) is 6.61 Å². The van der Waals surface area contributed by atoms with Gasteiger partial charge in [0.1, 0.15) is 0 Å². The van der Waals surface area contributed by atoms with Crippen LogP contribution in [0.25, 0.3) is 0 Å². The van der Waals surface area contributed by atoms with Crippen LogP contribution in [-0.2, 0) is 14.3 Å². The quantitative estimate of drug-likeness (QED) is 0.429. The molecule has 9 heteroatoms. The van der Waals surface area contributed by atoms with E-state index in [9.17, 15) is 19.7 Å². The van der Waals surface area contributed by atoms with E-state index in [1.807, 2.05) is 4.90 Å². The number of nitro groups is 1. The summed E-state index contributed by atoms with van der Waals surface area (Å²) in [5.41, 5.74) is 0.556. The van der Waals surface area contributed by atoms with Crippen molar-refractivity contribution in [2.75, 3.05) is 50.9 Å². The molecule has 1 aromatic carbocycles. The molecule has 152 valence electrons. The highest BCUT2D eigenvalue weighted by atomic mass is 16.6. The summed E-state index contributed by atoms with van der Waals surface area (Å²) in [5.74, 6) is -0.412. The lowest BCUT2D eigenvalue weighted by atomic mass is 9.98. The van der Waals surface area contributed by atoms with E-state index in [0.29, 0.717) is 37.9 Å². The number of non-ortho nitro benzene ring substituents is 1. The van der Waals surface area contributed by atoms with E-state index in [1.165, 1.54) is 12.1 Å². The molecular weight excluding hydrogens is 366 g/mol. The lowest BCUT2D eigenvalue weighted by Gasteiger charge is -2.33. The van der Waals surface area contributed by atoms with Crippen molar-refractivity contribution in [1.82, 2.24) is 4.90 Å². The Bertz CT molecular complexity index is 739. The number of nitrogens with zero attached hydrogens (tertiary/aromatic N) is 3. The molecular formula is C19H25N3O6. The number of nitro benzene ring substituents is 1. The summed E-state index contributed by atoms with van der Waals surface area (Å²) in [5, 5.41) is 11.1. The molecule has 0 aliphatic carbocycles. The molecule has 1 amide bonds. The standard InChI is InChI=1S/C19H25N3O6/c1-14-4-6-20(7-5-14)17-3-2-15(22(25)26)12-16(17)19(24)28-13-18(23)21-8-10-27-11-9-21/h2-3,12,14H,4-11,13H2,1H3. The van der Waals surface area contributed by atoms with Crippen LogP contribution in [0.3, 0.4) is 0 Å². The van der Waals surface area contributed by atoms with Gasteiger partial charge in [-0.05, 0) is 24.8 Å². The highest BCUT2D eigenvalue weighted by molar-refractivity contribution is 5.97. The molecule has 0 aromatic heterocycles. The Morgan fingerprint density at radius 3 is 2.54 bits per heavy atom. The summed E-state index contributed by atoms with van der Waals surface area (Å²) in [4.78, 5) is 39.1. The molecule has 2 aliphatic rings. The van der Waals surface area contributed by atoms with Crippen molar-refractivity contribution in [2.24, 2.45) is 5.92 Å². The van der Waals surface area contributed by atoms with Crippen molar-refractivity contribution < 1.29 is 24.0 Å². The molecule has 0 N–H and O–H groups in total. The van der Waals surface area contributed by atoms with Gasteiger partial charge in [0.2, 0.25) is 0 Å². The first-order valence-electron chi connectivity index (χ1n) is 9.51. The molecule has 2 saturated heterocycles. The minimum Gasteiger partial charge on any atom is -0.452 e. The van der Waals surface area contributed by atoms with E-state index in [-0.39, 0.29) is 17.2 Å². The van der Waals surface area contributed by atoms with Crippen LogP contribution in [-0.4, -0.2) is 67.7 Å². The fourth-order valence-electron chi connectivity index (χ4n) is 3.44. The first-order chi connectivity index (χ1) is 13.5. The SMILES string of the molecule is CC1CCN(c2ccc([N+](=O)[O-])cc2C(=O)OCC(=O)N2CCOCC2)CC1. The van der Waals surface area contributed by atoms with Gasteiger partial charge in [-0.15, -0.1) is 0 Å². The zero-order valence-electron chi connectivity index (χ0n) is 16.0. The number of rotatable bonds is 5. The second kappa shape index (κ2) is 9.01. The van der Waals surface area contributed by atoms with Gasteiger partial charge in [0.05, 0.1) is 29.4 Å². The van der Waals surface area contributed by atoms with Gasteiger partial charge >= 0.3 is 5.97 Å². The summed E-state index contributed by atoms with van der Waals surface area (Å²) < 4.78 is 10.4. The van der Waals surface area contributed by atoms with E-state index in [0.717, 1.165) is 25.9 Å². The second-order valence-corrected chi connectivity index (χ2v) is 7.20. The third-order valence-corrected chi connectivity index (χ3v) is 5.23. The van der Waals surface area contributed by atoms with E-state index < -0.39 is 17.5 Å². The number of hydrogen-bond acceptors (Lipinski definition) is 7. The fraction of sp³-hybridized carbons (Fsp3) is 0.579. The lowest BCUT2D eigenvalue weighted by Crippen LogP contribution is -2.42. The van der Waals surface area contributed by atoms with E-state index in [4.69, 9.17) is 9.47 Å². The van der Waals surface area contributed by atoms with Crippen molar-refractivity contribution in [1.29, 1.82) is 0 Å². The Kier molecular flexibility index (Phi) is 6.45. The Morgan fingerprint density at radius 1 is 1.21 bits per heavy atom. The number of piperidine rings is 1. The Labute approximate surface area is 163 Å². The third-order valence-electron chi connectivity index (χ3n) is 5.23. The molecule has 0 spiro atoms. The largest absolute Gasteiger partial charge is 0.452 e. The third kappa shape index (κ3) is 4.78. The number of esters is 1. The maximum Gasteiger partial charge on any atom is 0.341 e. The predicted molar refractivity (Wildman–Crippen MR) is 101 cm³/mol. The first-order valence-corrected chi connectivity index (χ1v) is 9.51. The lowest BCUT2D eigenvalue weighted by molar-refractivity contribution is -0.384. The van der Waals surface area contributed by atoms with Crippen LogP contribution < -0.4 is 4.90 Å². The molecule has 28 heavy (non-hydrogen) atoms. The number of hydrogen-bond donors (Lipinski definition) is 0. The number of anilines is 1. The summed E-state index contributed by atoms with van der Waals surface area (Å²) in [7, 11) is 0. The topological polar surface area (TPSA) is 102 Å². The van der Waals surface area contributed by atoms with Gasteiger partial charge in [-0.3, -0.25) is 14.9 Å². The normalized spacial score (nSPS) is 18.0.